The van der Waals surface area contributed by atoms with Crippen LogP contribution in [-0.2, 0) is 0 Å². The first kappa shape index (κ1) is 71.2. The van der Waals surface area contributed by atoms with Gasteiger partial charge in [-0.1, -0.05) is 0 Å². The Kier molecular flexibility index (Phi) is 530. The van der Waals surface area contributed by atoms with Crippen LogP contribution in [0, 0.1) is 71.2 Å². The molecular weight excluding hydrogens is 455 g/mol. The van der Waals surface area contributed by atoms with Gasteiger partial charge in [0.1, 0.15) is 0 Å². The Morgan fingerprint density at radius 2 is 0.286 bits per heavy atom. The van der Waals surface area contributed by atoms with Crippen molar-refractivity contribution in [3.05, 3.63) is 0 Å². The van der Waals surface area contributed by atoms with E-state index in [2.05, 4.69) is 0 Å². The van der Waals surface area contributed by atoms with Crippen molar-refractivity contribution in [2.45, 2.75) is 0 Å². The van der Waals surface area contributed by atoms with Crippen LogP contribution in [0.2, 0.25) is 0 Å². The van der Waals surface area contributed by atoms with Gasteiger partial charge < -0.3 is 62.0 Å². The molecule has 0 saturated heterocycles. The van der Waals surface area contributed by atoms with Gasteiger partial charge in [-0.15, -0.1) is 0 Å². The monoisotopic (exact) mass is 453 g/mol. The molecule has 0 rings (SSSR count). The van der Waals surface area contributed by atoms with Gasteiger partial charge in [0.25, 0.3) is 0 Å². The molecule has 0 aliphatic carbocycles. The Labute approximate surface area is 130 Å². The van der Waals surface area contributed by atoms with Crippen LogP contribution >= 0.6 is 0 Å². The molecule has 0 atom stereocenters. The van der Waals surface area contributed by atoms with Crippen molar-refractivity contribution in [2.24, 2.45) is 0 Å². The summed E-state index contributed by atoms with van der Waals surface area (Å²) in [5.41, 5.74) is 0. The van der Waals surface area contributed by atoms with Crippen molar-refractivity contribution < 1.29 is 133 Å². The fourth-order valence-electron chi connectivity index (χ4n) is 0. The fraction of sp³-hybridized carbons (Fsp3) is 0. The van der Waals surface area contributed by atoms with E-state index in [4.69, 9.17) is 0 Å². The largest absolute Gasteiger partial charge is 3.00 e. The van der Waals surface area contributed by atoms with Gasteiger partial charge in [0, 0.05) is 0 Å². The van der Waals surface area contributed by atoms with Gasteiger partial charge in [-0.25, -0.2) is 0 Å². The first-order valence-corrected chi connectivity index (χ1v) is 0. The van der Waals surface area contributed by atoms with Crippen LogP contribution in [-0.4, -0.2) is 0 Å². The number of hydrogen-bond donors (Lipinski definition) is 0. The van der Waals surface area contributed by atoms with Gasteiger partial charge in [0.2, 0.25) is 0 Å². The van der Waals surface area contributed by atoms with Crippen LogP contribution < -0.4 is 62.0 Å². The van der Waals surface area contributed by atoms with Crippen molar-refractivity contribution in [3.63, 3.8) is 0 Å². The number of halogens is 5. The minimum absolute atomic E-state index is 0. The molecule has 0 radical (unpaired) electrons. The Morgan fingerprint density at radius 1 is 0.286 bits per heavy atom. The zero-order valence-electron chi connectivity index (χ0n) is 3.04. The molecule has 0 unspecified atom stereocenters. The van der Waals surface area contributed by atoms with E-state index in [1.807, 2.05) is 0 Å². The third-order valence-electron chi connectivity index (χ3n) is 0. The molecule has 0 saturated carbocycles. The summed E-state index contributed by atoms with van der Waals surface area (Å²) in [5.74, 6) is 0. The van der Waals surface area contributed by atoms with E-state index in [0.29, 0.717) is 0 Å². The molecule has 0 spiro atoms. The molecule has 0 aliphatic rings. The van der Waals surface area contributed by atoms with Crippen LogP contribution in [0.3, 0.4) is 0 Å². The maximum absolute atomic E-state index is 0. The maximum atomic E-state index is 0. The summed E-state index contributed by atoms with van der Waals surface area (Å²) in [6.07, 6.45) is 0. The molecule has 0 nitrogen and oxygen atoms in total. The first-order valence-electron chi connectivity index (χ1n) is 0. The van der Waals surface area contributed by atoms with E-state index in [-0.39, 0.29) is 133 Å². The van der Waals surface area contributed by atoms with Crippen LogP contribution in [0.25, 0.3) is 0 Å². The standard InChI is InChI=1S/5ClH.2La/h5*1H;;/q;;;;;2*+3/p-5. The van der Waals surface area contributed by atoms with Crippen molar-refractivity contribution in [2.75, 3.05) is 0 Å². The van der Waals surface area contributed by atoms with Crippen LogP contribution in [0.15, 0.2) is 0 Å². The predicted molar refractivity (Wildman–Crippen MR) is 0 cm³/mol. The molecule has 40 valence electrons. The van der Waals surface area contributed by atoms with E-state index in [1.54, 1.807) is 0 Å². The summed E-state index contributed by atoms with van der Waals surface area (Å²) in [5, 5.41) is 0. The predicted octanol–water partition coefficient (Wildman–Crippen LogP) is -15.0. The molecule has 0 amide bonds. The molecule has 0 aromatic carbocycles. The SMILES string of the molecule is [Cl-].[Cl-].[Cl-].[Cl-].[Cl-].[La+3].[La+3]. The third-order valence-corrected chi connectivity index (χ3v) is 0. The number of hydrogen-bond acceptors (Lipinski definition) is 0. The van der Waals surface area contributed by atoms with Crippen molar-refractivity contribution >= 4 is 0 Å². The second kappa shape index (κ2) is 52.2. The second-order valence-corrected chi connectivity index (χ2v) is 0. The second-order valence-electron chi connectivity index (χ2n) is 0. The summed E-state index contributed by atoms with van der Waals surface area (Å²) in [6.45, 7) is 0. The maximum Gasteiger partial charge on any atom is 3.00 e. The normalized spacial score (nSPS) is 0. The quantitative estimate of drug-likeness (QED) is 0.341. The molecule has 0 heterocycles. The van der Waals surface area contributed by atoms with E-state index in [9.17, 15) is 0 Å². The molecule has 0 aliphatic heterocycles. The van der Waals surface area contributed by atoms with E-state index < -0.39 is 0 Å². The Balaban J connectivity index is 0. The summed E-state index contributed by atoms with van der Waals surface area (Å²) in [6, 6.07) is 0. The minimum atomic E-state index is 0. The van der Waals surface area contributed by atoms with Gasteiger partial charge in [-0.05, 0) is 0 Å². The Morgan fingerprint density at radius 3 is 0.286 bits per heavy atom. The average molecular weight is 455 g/mol. The van der Waals surface area contributed by atoms with Gasteiger partial charge in [0.05, 0.1) is 0 Å². The smallest absolute Gasteiger partial charge is 1.00 e. The van der Waals surface area contributed by atoms with Crippen LogP contribution in [0.5, 0.6) is 0 Å². The zero-order valence-corrected chi connectivity index (χ0v) is 14.1. The van der Waals surface area contributed by atoms with Crippen molar-refractivity contribution in [1.82, 2.24) is 0 Å². The van der Waals surface area contributed by atoms with Crippen LogP contribution in [0.4, 0.5) is 0 Å². The molecule has 0 N–H and O–H groups in total. The van der Waals surface area contributed by atoms with E-state index in [0.717, 1.165) is 0 Å². The van der Waals surface area contributed by atoms with Gasteiger partial charge in [0.15, 0.2) is 0 Å². The molecule has 0 fully saturated rings. The fourth-order valence-corrected chi connectivity index (χ4v) is 0. The topological polar surface area (TPSA) is 0 Å². The molecule has 7 heavy (non-hydrogen) atoms. The minimum Gasteiger partial charge on any atom is -1.00 e. The average Bonchev–Trinajstić information content (AvgIpc) is 0. The molecule has 7 heteroatoms. The summed E-state index contributed by atoms with van der Waals surface area (Å²) < 4.78 is 0. The zero-order chi connectivity index (χ0) is 0. The van der Waals surface area contributed by atoms with E-state index >= 15 is 0 Å². The van der Waals surface area contributed by atoms with Crippen molar-refractivity contribution in [3.8, 4) is 0 Å². The number of rotatable bonds is 0. The van der Waals surface area contributed by atoms with E-state index in [1.165, 1.54) is 0 Å². The summed E-state index contributed by atoms with van der Waals surface area (Å²) in [4.78, 5) is 0. The summed E-state index contributed by atoms with van der Waals surface area (Å²) in [7, 11) is 0. The van der Waals surface area contributed by atoms with Gasteiger partial charge in [-0.2, -0.15) is 0 Å². The molecule has 0 aromatic heterocycles. The molecule has 0 bridgehead atoms. The van der Waals surface area contributed by atoms with Gasteiger partial charge in [-0.3, -0.25) is 0 Å². The Bertz CT molecular complexity index is 6.04. The Hall–Kier alpha value is 3.84. The first-order chi connectivity index (χ1) is 0. The van der Waals surface area contributed by atoms with Gasteiger partial charge >= 0.3 is 71.2 Å². The summed E-state index contributed by atoms with van der Waals surface area (Å²) >= 11 is 0. The van der Waals surface area contributed by atoms with Crippen LogP contribution in [0.1, 0.15) is 0 Å². The molecular formula is Cl5La2+. The molecule has 0 aromatic rings. The third kappa shape index (κ3) is 41.0. The van der Waals surface area contributed by atoms with Crippen molar-refractivity contribution in [1.29, 1.82) is 0 Å².